The molecule has 12 heteroatoms. The summed E-state index contributed by atoms with van der Waals surface area (Å²) in [4.78, 5) is 22.5. The Morgan fingerprint density at radius 1 is 1.09 bits per heavy atom. The number of unbranched alkanes of at least 4 members (excludes halogenated alkanes) is 1. The fraction of sp³-hybridized carbons (Fsp3) is 0.333. The van der Waals surface area contributed by atoms with Crippen molar-refractivity contribution in [3.8, 4) is 0 Å². The predicted molar refractivity (Wildman–Crippen MR) is 117 cm³/mol. The Morgan fingerprint density at radius 2 is 1.70 bits per heavy atom. The zero-order valence-electron chi connectivity index (χ0n) is 18.2. The maximum atomic E-state index is 12.5. The molecule has 0 saturated heterocycles. The van der Waals surface area contributed by atoms with Gasteiger partial charge in [0.15, 0.2) is 0 Å². The van der Waals surface area contributed by atoms with Gasteiger partial charge in [0.25, 0.3) is 10.0 Å². The van der Waals surface area contributed by atoms with E-state index < -0.39 is 28.1 Å². The smallest absolute Gasteiger partial charge is 0.478 e. The van der Waals surface area contributed by atoms with E-state index in [2.05, 4.69) is 11.6 Å². The van der Waals surface area contributed by atoms with Gasteiger partial charge in [-0.15, -0.1) is 0 Å². The third-order valence-electron chi connectivity index (χ3n) is 4.28. The largest absolute Gasteiger partial charge is 0.490 e. The zero-order valence-corrected chi connectivity index (χ0v) is 19.0. The topological polar surface area (TPSA) is 124 Å². The number of nitrogens with zero attached hydrogens (tertiary/aromatic N) is 1. The molecule has 182 valence electrons. The van der Waals surface area contributed by atoms with Crippen LogP contribution in [-0.4, -0.2) is 50.3 Å². The Kier molecular flexibility index (Phi) is 9.71. The number of sulfonamides is 1. The van der Waals surface area contributed by atoms with Crippen LogP contribution in [0.15, 0.2) is 47.4 Å². The lowest BCUT2D eigenvalue weighted by Gasteiger charge is -2.21. The number of carbonyl (C=O) groups is 2. The summed E-state index contributed by atoms with van der Waals surface area (Å²) in [7, 11) is -1.95. The average molecular weight is 491 g/mol. The lowest BCUT2D eigenvalue weighted by atomic mass is 10.1. The van der Waals surface area contributed by atoms with E-state index in [1.54, 1.807) is 24.3 Å². The Hall–Kier alpha value is -3.28. The number of carboxylic acids is 2. The molecule has 2 aromatic rings. The Labute approximate surface area is 189 Å². The van der Waals surface area contributed by atoms with E-state index in [0.29, 0.717) is 5.69 Å². The van der Waals surface area contributed by atoms with E-state index in [4.69, 9.17) is 9.90 Å². The van der Waals surface area contributed by atoms with Crippen LogP contribution in [-0.2, 0) is 14.8 Å². The van der Waals surface area contributed by atoms with Gasteiger partial charge in [0.05, 0.1) is 16.1 Å². The first-order chi connectivity index (χ1) is 15.2. The fourth-order valence-electron chi connectivity index (χ4n) is 2.62. The number of carboxylic acid groups (broad SMARTS) is 2. The highest BCUT2D eigenvalue weighted by Crippen LogP contribution is 2.26. The zero-order chi connectivity index (χ0) is 25.4. The standard InChI is InChI=1S/C19H24N2O4S.C2HF3O2/c1-4-5-11-21(3)18-10-9-15(13-17(18)19(22)23)20-26(24,25)16-8-6-7-14(2)12-16;3-2(4,5)1(6)7/h6-10,12-13,20H,4-5,11H2,1-3H3,(H,22,23);(H,6,7). The maximum Gasteiger partial charge on any atom is 0.490 e. The van der Waals surface area contributed by atoms with Crippen LogP contribution in [0.2, 0.25) is 0 Å². The molecule has 0 heterocycles. The van der Waals surface area contributed by atoms with Crippen LogP contribution in [0.4, 0.5) is 24.5 Å². The summed E-state index contributed by atoms with van der Waals surface area (Å²) in [6.45, 7) is 4.60. The van der Waals surface area contributed by atoms with Crippen LogP contribution in [0.3, 0.4) is 0 Å². The van der Waals surface area contributed by atoms with Gasteiger partial charge >= 0.3 is 18.1 Å². The van der Waals surface area contributed by atoms with Gasteiger partial charge in [0, 0.05) is 19.3 Å². The average Bonchev–Trinajstić information content (AvgIpc) is 2.71. The molecule has 2 aromatic carbocycles. The molecule has 0 fully saturated rings. The van der Waals surface area contributed by atoms with Gasteiger partial charge in [-0.05, 0) is 49.2 Å². The monoisotopic (exact) mass is 490 g/mol. The van der Waals surface area contributed by atoms with Gasteiger partial charge in [-0.25, -0.2) is 18.0 Å². The summed E-state index contributed by atoms with van der Waals surface area (Å²) in [5, 5.41) is 16.6. The van der Waals surface area contributed by atoms with E-state index in [0.717, 1.165) is 24.9 Å². The van der Waals surface area contributed by atoms with Gasteiger partial charge in [-0.1, -0.05) is 25.5 Å². The molecule has 0 aliphatic rings. The molecule has 0 saturated carbocycles. The number of benzene rings is 2. The number of aliphatic carboxylic acids is 1. The van der Waals surface area contributed by atoms with Crippen LogP contribution >= 0.6 is 0 Å². The number of rotatable bonds is 8. The van der Waals surface area contributed by atoms with Crippen LogP contribution in [0.1, 0.15) is 35.7 Å². The molecule has 0 spiro atoms. The van der Waals surface area contributed by atoms with Gasteiger partial charge in [0.2, 0.25) is 0 Å². The van der Waals surface area contributed by atoms with Gasteiger partial charge < -0.3 is 15.1 Å². The molecule has 0 unspecified atom stereocenters. The highest BCUT2D eigenvalue weighted by atomic mass is 32.2. The Balaban J connectivity index is 0.000000675. The lowest BCUT2D eigenvalue weighted by Crippen LogP contribution is -2.21. The molecule has 0 atom stereocenters. The Bertz CT molecular complexity index is 1090. The van der Waals surface area contributed by atoms with E-state index in [-0.39, 0.29) is 16.1 Å². The Morgan fingerprint density at radius 3 is 2.18 bits per heavy atom. The number of anilines is 2. The third kappa shape index (κ3) is 8.64. The van der Waals surface area contributed by atoms with Gasteiger partial charge in [-0.2, -0.15) is 13.2 Å². The summed E-state index contributed by atoms with van der Waals surface area (Å²) >= 11 is 0. The quantitative estimate of drug-likeness (QED) is 0.502. The number of hydrogen-bond acceptors (Lipinski definition) is 5. The summed E-state index contributed by atoms with van der Waals surface area (Å²) in [5.41, 5.74) is 1.67. The summed E-state index contributed by atoms with van der Waals surface area (Å²) in [6, 6.07) is 11.1. The van der Waals surface area contributed by atoms with Gasteiger partial charge in [-0.3, -0.25) is 4.72 Å². The van der Waals surface area contributed by atoms with Crippen molar-refractivity contribution in [1.29, 1.82) is 0 Å². The maximum absolute atomic E-state index is 12.5. The number of nitrogens with one attached hydrogen (secondary N) is 1. The van der Waals surface area contributed by atoms with Crippen molar-refractivity contribution in [2.24, 2.45) is 0 Å². The SMILES string of the molecule is CCCCN(C)c1ccc(NS(=O)(=O)c2cccc(C)c2)cc1C(=O)O.O=C(O)C(F)(F)F. The molecule has 0 bridgehead atoms. The molecule has 0 aliphatic heterocycles. The fourth-order valence-corrected chi connectivity index (χ4v) is 3.77. The molecule has 0 aliphatic carbocycles. The summed E-state index contributed by atoms with van der Waals surface area (Å²) < 4.78 is 59.2. The van der Waals surface area contributed by atoms with Crippen molar-refractivity contribution in [1.82, 2.24) is 0 Å². The molecule has 2 rings (SSSR count). The molecule has 33 heavy (non-hydrogen) atoms. The second-order valence-electron chi connectivity index (χ2n) is 7.04. The summed E-state index contributed by atoms with van der Waals surface area (Å²) in [6.07, 6.45) is -3.14. The minimum Gasteiger partial charge on any atom is -0.478 e. The molecule has 3 N–H and O–H groups in total. The summed E-state index contributed by atoms with van der Waals surface area (Å²) in [5.74, 6) is -3.85. The number of aromatic carboxylic acids is 1. The lowest BCUT2D eigenvalue weighted by molar-refractivity contribution is -0.192. The normalized spacial score (nSPS) is 11.2. The van der Waals surface area contributed by atoms with Crippen molar-refractivity contribution in [2.75, 3.05) is 23.2 Å². The van der Waals surface area contributed by atoms with Crippen LogP contribution < -0.4 is 9.62 Å². The molecular weight excluding hydrogens is 465 g/mol. The van der Waals surface area contributed by atoms with Crippen molar-refractivity contribution >= 4 is 33.3 Å². The molecule has 0 radical (unpaired) electrons. The predicted octanol–water partition coefficient (Wildman–Crippen LogP) is 4.36. The van der Waals surface area contributed by atoms with E-state index >= 15 is 0 Å². The first-order valence-electron chi connectivity index (χ1n) is 9.67. The minimum absolute atomic E-state index is 0.0630. The second kappa shape index (κ2) is 11.5. The van der Waals surface area contributed by atoms with Crippen molar-refractivity contribution in [2.45, 2.75) is 37.8 Å². The number of halogens is 3. The van der Waals surface area contributed by atoms with Crippen LogP contribution in [0, 0.1) is 6.92 Å². The first kappa shape index (κ1) is 27.8. The van der Waals surface area contributed by atoms with E-state index in [9.17, 15) is 31.5 Å². The van der Waals surface area contributed by atoms with Crippen molar-refractivity contribution < 1.29 is 41.4 Å². The van der Waals surface area contributed by atoms with Gasteiger partial charge in [0.1, 0.15) is 0 Å². The number of aryl methyl sites for hydroxylation is 1. The molecular formula is C21H25F3N2O6S. The minimum atomic E-state index is -5.08. The van der Waals surface area contributed by atoms with E-state index in [1.165, 1.54) is 12.1 Å². The third-order valence-corrected chi connectivity index (χ3v) is 5.66. The van der Waals surface area contributed by atoms with Crippen LogP contribution in [0.5, 0.6) is 0 Å². The van der Waals surface area contributed by atoms with Crippen molar-refractivity contribution in [3.63, 3.8) is 0 Å². The number of alkyl halides is 3. The molecule has 8 nitrogen and oxygen atoms in total. The van der Waals surface area contributed by atoms with Crippen LogP contribution in [0.25, 0.3) is 0 Å². The first-order valence-corrected chi connectivity index (χ1v) is 11.2. The molecule has 0 amide bonds. The second-order valence-corrected chi connectivity index (χ2v) is 8.72. The highest BCUT2D eigenvalue weighted by Gasteiger charge is 2.38. The molecule has 0 aromatic heterocycles. The number of hydrogen-bond donors (Lipinski definition) is 3. The van der Waals surface area contributed by atoms with E-state index in [1.807, 2.05) is 24.9 Å². The highest BCUT2D eigenvalue weighted by molar-refractivity contribution is 7.92. The van der Waals surface area contributed by atoms with Crippen molar-refractivity contribution in [3.05, 3.63) is 53.6 Å².